The van der Waals surface area contributed by atoms with Gasteiger partial charge in [-0.25, -0.2) is 13.8 Å². The molecule has 0 radical (unpaired) electrons. The van der Waals surface area contributed by atoms with Crippen molar-refractivity contribution < 1.29 is 8.78 Å². The molecule has 3 nitrogen and oxygen atoms in total. The zero-order valence-electron chi connectivity index (χ0n) is 10.3. The molecule has 0 amide bonds. The van der Waals surface area contributed by atoms with Crippen LogP contribution in [-0.2, 0) is 6.54 Å². The Labute approximate surface area is 100 Å². The van der Waals surface area contributed by atoms with Crippen molar-refractivity contribution in [3.8, 4) is 0 Å². The number of aliphatic imine (C=N–C) groups is 1. The van der Waals surface area contributed by atoms with Gasteiger partial charge in [-0.2, -0.15) is 0 Å². The fraction of sp³-hybridized carbons (Fsp3) is 0.417. The normalized spacial score (nSPS) is 11.5. The molecule has 0 aliphatic heterocycles. The van der Waals surface area contributed by atoms with Crippen LogP contribution >= 0.6 is 0 Å². The van der Waals surface area contributed by atoms with Crippen LogP contribution in [0.5, 0.6) is 0 Å². The largest absolute Gasteiger partial charge is 0.357 e. The predicted molar refractivity (Wildman–Crippen MR) is 64.9 cm³/mol. The molecule has 0 fully saturated rings. The van der Waals surface area contributed by atoms with Crippen molar-refractivity contribution in [3.63, 3.8) is 0 Å². The topological polar surface area (TPSA) is 27.6 Å². The minimum absolute atomic E-state index is 0.115. The van der Waals surface area contributed by atoms with Crippen molar-refractivity contribution in [2.45, 2.75) is 13.5 Å². The van der Waals surface area contributed by atoms with Gasteiger partial charge in [-0.3, -0.25) is 0 Å². The lowest BCUT2D eigenvalue weighted by Crippen LogP contribution is -2.36. The van der Waals surface area contributed by atoms with Gasteiger partial charge < -0.3 is 10.2 Å². The van der Waals surface area contributed by atoms with Gasteiger partial charge in [0.1, 0.15) is 11.6 Å². The van der Waals surface area contributed by atoms with Crippen LogP contribution in [0.4, 0.5) is 8.78 Å². The summed E-state index contributed by atoms with van der Waals surface area (Å²) in [5, 5.41) is 3.05. The molecule has 0 spiro atoms. The second kappa shape index (κ2) is 6.18. The van der Waals surface area contributed by atoms with E-state index in [0.717, 1.165) is 24.7 Å². The van der Waals surface area contributed by atoms with Crippen LogP contribution < -0.4 is 5.32 Å². The minimum atomic E-state index is -0.452. The van der Waals surface area contributed by atoms with Gasteiger partial charge in [-0.1, -0.05) is 0 Å². The summed E-state index contributed by atoms with van der Waals surface area (Å²) in [6.45, 7) is 2.79. The maximum atomic E-state index is 13.3. The Morgan fingerprint density at radius 1 is 1.35 bits per heavy atom. The molecular formula is C12H17F2N3. The summed E-state index contributed by atoms with van der Waals surface area (Å²) in [6, 6.07) is 3.38. The number of nitrogens with zero attached hydrogens (tertiary/aromatic N) is 2. The Kier molecular flexibility index (Phi) is 4.87. The Morgan fingerprint density at radius 2 is 2.06 bits per heavy atom. The van der Waals surface area contributed by atoms with Crippen molar-refractivity contribution in [2.24, 2.45) is 4.99 Å². The quantitative estimate of drug-likeness (QED) is 0.647. The Bertz CT molecular complexity index is 403. The van der Waals surface area contributed by atoms with Crippen LogP contribution in [0.25, 0.3) is 0 Å². The SMILES string of the molecule is CCNC(=NCc1cc(F)ccc1F)N(C)C. The van der Waals surface area contributed by atoms with Crippen molar-refractivity contribution in [3.05, 3.63) is 35.4 Å². The van der Waals surface area contributed by atoms with Crippen LogP contribution in [0.2, 0.25) is 0 Å². The first-order valence-corrected chi connectivity index (χ1v) is 5.44. The number of benzene rings is 1. The number of hydrogen-bond donors (Lipinski definition) is 1. The average molecular weight is 241 g/mol. The highest BCUT2D eigenvalue weighted by atomic mass is 19.1. The standard InChI is InChI=1S/C12H17F2N3/c1-4-15-12(17(2)3)16-8-9-7-10(13)5-6-11(9)14/h5-7H,4,8H2,1-3H3,(H,15,16). The minimum Gasteiger partial charge on any atom is -0.357 e. The van der Waals surface area contributed by atoms with E-state index in [1.54, 1.807) is 4.90 Å². The molecule has 0 aromatic heterocycles. The summed E-state index contributed by atoms with van der Waals surface area (Å²) in [4.78, 5) is 6.00. The maximum Gasteiger partial charge on any atom is 0.193 e. The first kappa shape index (κ1) is 13.4. The molecule has 17 heavy (non-hydrogen) atoms. The fourth-order valence-corrected chi connectivity index (χ4v) is 1.34. The molecule has 5 heteroatoms. The number of guanidine groups is 1. The Morgan fingerprint density at radius 3 is 2.65 bits per heavy atom. The average Bonchev–Trinajstić information content (AvgIpc) is 2.28. The molecule has 0 aliphatic carbocycles. The molecule has 0 heterocycles. The Balaban J connectivity index is 2.82. The lowest BCUT2D eigenvalue weighted by molar-refractivity contribution is 0.572. The summed E-state index contributed by atoms with van der Waals surface area (Å²) < 4.78 is 26.3. The first-order valence-electron chi connectivity index (χ1n) is 5.44. The van der Waals surface area contributed by atoms with Gasteiger partial charge in [0.25, 0.3) is 0 Å². The van der Waals surface area contributed by atoms with Gasteiger partial charge in [0.2, 0.25) is 0 Å². The van der Waals surface area contributed by atoms with Gasteiger partial charge in [-0.15, -0.1) is 0 Å². The van der Waals surface area contributed by atoms with Gasteiger partial charge in [0.05, 0.1) is 6.54 Å². The molecule has 1 aromatic rings. The highest BCUT2D eigenvalue weighted by Crippen LogP contribution is 2.10. The zero-order chi connectivity index (χ0) is 12.8. The summed E-state index contributed by atoms with van der Waals surface area (Å²) in [6.07, 6.45) is 0. The van der Waals surface area contributed by atoms with E-state index in [4.69, 9.17) is 0 Å². The smallest absolute Gasteiger partial charge is 0.193 e. The molecular weight excluding hydrogens is 224 g/mol. The predicted octanol–water partition coefficient (Wildman–Crippen LogP) is 1.99. The second-order valence-electron chi connectivity index (χ2n) is 3.80. The van der Waals surface area contributed by atoms with Crippen LogP contribution in [0.15, 0.2) is 23.2 Å². The third-order valence-corrected chi connectivity index (χ3v) is 2.17. The summed E-state index contributed by atoms with van der Waals surface area (Å²) in [5.74, 6) is -0.243. The van der Waals surface area contributed by atoms with Crippen molar-refractivity contribution in [1.82, 2.24) is 10.2 Å². The van der Waals surface area contributed by atoms with Gasteiger partial charge in [0, 0.05) is 26.2 Å². The summed E-state index contributed by atoms with van der Waals surface area (Å²) >= 11 is 0. The molecule has 0 bridgehead atoms. The number of rotatable bonds is 3. The number of nitrogens with one attached hydrogen (secondary N) is 1. The molecule has 0 saturated heterocycles. The monoisotopic (exact) mass is 241 g/mol. The molecule has 1 rings (SSSR count). The summed E-state index contributed by atoms with van der Waals surface area (Å²) in [5.41, 5.74) is 0.252. The van der Waals surface area contributed by atoms with E-state index in [9.17, 15) is 8.78 Å². The number of halogens is 2. The second-order valence-corrected chi connectivity index (χ2v) is 3.80. The molecule has 94 valence electrons. The summed E-state index contributed by atoms with van der Waals surface area (Å²) in [7, 11) is 3.67. The Hall–Kier alpha value is -1.65. The number of hydrogen-bond acceptors (Lipinski definition) is 1. The van der Waals surface area contributed by atoms with Crippen molar-refractivity contribution >= 4 is 5.96 Å². The van der Waals surface area contributed by atoms with Crippen LogP contribution in [0, 0.1) is 11.6 Å². The molecule has 0 aliphatic rings. The maximum absolute atomic E-state index is 13.3. The molecule has 0 unspecified atom stereocenters. The van der Waals surface area contributed by atoms with Crippen molar-refractivity contribution in [1.29, 1.82) is 0 Å². The first-order chi connectivity index (χ1) is 8.04. The van der Waals surface area contributed by atoms with E-state index in [0.29, 0.717) is 5.96 Å². The zero-order valence-corrected chi connectivity index (χ0v) is 10.3. The van der Waals surface area contributed by atoms with Gasteiger partial charge in [0.15, 0.2) is 5.96 Å². The van der Waals surface area contributed by atoms with Gasteiger partial charge in [-0.05, 0) is 25.1 Å². The third-order valence-electron chi connectivity index (χ3n) is 2.17. The third kappa shape index (κ3) is 4.01. The fourth-order valence-electron chi connectivity index (χ4n) is 1.34. The lowest BCUT2D eigenvalue weighted by atomic mass is 10.2. The highest BCUT2D eigenvalue weighted by Gasteiger charge is 2.04. The van der Waals surface area contributed by atoms with Crippen molar-refractivity contribution in [2.75, 3.05) is 20.6 Å². The van der Waals surface area contributed by atoms with E-state index < -0.39 is 11.6 Å². The van der Waals surface area contributed by atoms with E-state index in [-0.39, 0.29) is 12.1 Å². The van der Waals surface area contributed by atoms with E-state index in [2.05, 4.69) is 10.3 Å². The van der Waals surface area contributed by atoms with E-state index in [1.165, 1.54) is 0 Å². The lowest BCUT2D eigenvalue weighted by Gasteiger charge is -2.16. The van der Waals surface area contributed by atoms with Gasteiger partial charge >= 0.3 is 0 Å². The molecule has 0 atom stereocenters. The van der Waals surface area contributed by atoms with Crippen LogP contribution in [0.1, 0.15) is 12.5 Å². The van der Waals surface area contributed by atoms with Crippen LogP contribution in [-0.4, -0.2) is 31.5 Å². The van der Waals surface area contributed by atoms with E-state index >= 15 is 0 Å². The molecule has 1 aromatic carbocycles. The molecule has 0 saturated carbocycles. The van der Waals surface area contributed by atoms with E-state index in [1.807, 2.05) is 21.0 Å². The highest BCUT2D eigenvalue weighted by molar-refractivity contribution is 5.79. The molecule has 1 N–H and O–H groups in total. The van der Waals surface area contributed by atoms with Crippen LogP contribution in [0.3, 0.4) is 0 Å².